The number of H-pyrrole nitrogens is 1. The van der Waals surface area contributed by atoms with E-state index in [0.29, 0.717) is 5.82 Å². The Kier molecular flexibility index (Phi) is 2.42. The average Bonchev–Trinajstić information content (AvgIpc) is 2.61. The molecule has 0 aliphatic heterocycles. The number of nitrogens with zero attached hydrogens (tertiary/aromatic N) is 2. The first-order valence-electron chi connectivity index (χ1n) is 5.22. The van der Waals surface area contributed by atoms with Gasteiger partial charge < -0.3 is 0 Å². The van der Waals surface area contributed by atoms with Gasteiger partial charge in [-0.15, -0.1) is 0 Å². The minimum absolute atomic E-state index is 0.0702. The van der Waals surface area contributed by atoms with Crippen molar-refractivity contribution >= 4 is 0 Å². The molecule has 4 nitrogen and oxygen atoms in total. The third kappa shape index (κ3) is 1.91. The quantitative estimate of drug-likeness (QED) is 0.792. The van der Waals surface area contributed by atoms with Crippen molar-refractivity contribution in [1.29, 1.82) is 0 Å². The Labute approximate surface area is 93.9 Å². The summed E-state index contributed by atoms with van der Waals surface area (Å²) in [6.07, 6.45) is 1.67. The van der Waals surface area contributed by atoms with Crippen LogP contribution in [0.5, 0.6) is 0 Å². The molecule has 0 saturated carbocycles. The topological polar surface area (TPSA) is 50.7 Å². The Morgan fingerprint density at radius 1 is 1.31 bits per heavy atom. The Morgan fingerprint density at radius 2 is 2.06 bits per heavy atom. The number of aromatic amines is 1. The zero-order valence-corrected chi connectivity index (χ0v) is 9.69. The summed E-state index contributed by atoms with van der Waals surface area (Å²) in [5.41, 5.74) is 0.755. The maximum atomic E-state index is 11.8. The van der Waals surface area contributed by atoms with Crippen LogP contribution in [0.2, 0.25) is 0 Å². The van der Waals surface area contributed by atoms with Gasteiger partial charge in [0.1, 0.15) is 0 Å². The van der Waals surface area contributed by atoms with Crippen molar-refractivity contribution in [2.75, 3.05) is 0 Å². The van der Waals surface area contributed by atoms with Crippen LogP contribution >= 0.6 is 0 Å². The van der Waals surface area contributed by atoms with E-state index < -0.39 is 0 Å². The van der Waals surface area contributed by atoms with Crippen molar-refractivity contribution in [3.63, 3.8) is 0 Å². The van der Waals surface area contributed by atoms with E-state index in [1.165, 1.54) is 4.68 Å². The first-order valence-corrected chi connectivity index (χ1v) is 5.22. The SMILES string of the molecule is CC(C)(C)c1cc(=O)n(-c2ccccn2)[nH]1. The van der Waals surface area contributed by atoms with Gasteiger partial charge in [-0.05, 0) is 12.1 Å². The minimum atomic E-state index is -0.0800. The number of hydrogen-bond acceptors (Lipinski definition) is 2. The van der Waals surface area contributed by atoms with Crippen LogP contribution in [0.1, 0.15) is 26.5 Å². The fourth-order valence-corrected chi connectivity index (χ4v) is 1.44. The van der Waals surface area contributed by atoms with E-state index in [1.807, 2.05) is 12.1 Å². The van der Waals surface area contributed by atoms with Crippen molar-refractivity contribution < 1.29 is 0 Å². The van der Waals surface area contributed by atoms with Crippen molar-refractivity contribution in [2.24, 2.45) is 0 Å². The smallest absolute Gasteiger partial charge is 0.272 e. The van der Waals surface area contributed by atoms with Crippen molar-refractivity contribution in [2.45, 2.75) is 26.2 Å². The molecule has 84 valence electrons. The molecule has 0 amide bonds. The average molecular weight is 217 g/mol. The molecular weight excluding hydrogens is 202 g/mol. The van der Waals surface area contributed by atoms with Crippen molar-refractivity contribution in [3.8, 4) is 5.82 Å². The lowest BCUT2D eigenvalue weighted by molar-refractivity contribution is 0.559. The predicted molar refractivity (Wildman–Crippen MR) is 62.9 cm³/mol. The molecule has 2 aromatic rings. The van der Waals surface area contributed by atoms with Gasteiger partial charge in [-0.1, -0.05) is 26.8 Å². The van der Waals surface area contributed by atoms with E-state index in [4.69, 9.17) is 0 Å². The van der Waals surface area contributed by atoms with Gasteiger partial charge in [0.2, 0.25) is 0 Å². The molecule has 0 unspecified atom stereocenters. The molecule has 0 spiro atoms. The van der Waals surface area contributed by atoms with E-state index in [-0.39, 0.29) is 11.0 Å². The highest BCUT2D eigenvalue weighted by Crippen LogP contribution is 2.18. The summed E-state index contributed by atoms with van der Waals surface area (Å²) >= 11 is 0. The molecular formula is C12H15N3O. The maximum absolute atomic E-state index is 11.8. The first kappa shape index (κ1) is 10.7. The van der Waals surface area contributed by atoms with Crippen molar-refractivity contribution in [1.82, 2.24) is 14.8 Å². The molecule has 0 aliphatic rings. The van der Waals surface area contributed by atoms with Crippen LogP contribution in [-0.2, 0) is 5.41 Å². The number of hydrogen-bond donors (Lipinski definition) is 1. The van der Waals surface area contributed by atoms with Gasteiger partial charge in [-0.25, -0.2) is 9.67 Å². The second-order valence-corrected chi connectivity index (χ2v) is 4.78. The van der Waals surface area contributed by atoms with Crippen LogP contribution in [0.15, 0.2) is 35.3 Å². The number of aromatic nitrogens is 3. The molecule has 2 rings (SSSR count). The molecule has 0 fully saturated rings. The molecule has 0 radical (unpaired) electrons. The lowest BCUT2D eigenvalue weighted by atomic mass is 9.93. The minimum Gasteiger partial charge on any atom is -0.293 e. The summed E-state index contributed by atoms with van der Waals surface area (Å²) in [6, 6.07) is 7.09. The number of pyridine rings is 1. The van der Waals surface area contributed by atoms with Gasteiger partial charge in [-0.2, -0.15) is 0 Å². The predicted octanol–water partition coefficient (Wildman–Crippen LogP) is 1.86. The number of rotatable bonds is 1. The van der Waals surface area contributed by atoms with Crippen LogP contribution in [0.3, 0.4) is 0 Å². The summed E-state index contributed by atoms with van der Waals surface area (Å²) < 4.78 is 1.46. The monoisotopic (exact) mass is 217 g/mol. The van der Waals surface area contributed by atoms with Gasteiger partial charge >= 0.3 is 0 Å². The highest BCUT2D eigenvalue weighted by Gasteiger charge is 2.18. The third-order valence-corrected chi connectivity index (χ3v) is 2.41. The van der Waals surface area contributed by atoms with Gasteiger partial charge in [0.25, 0.3) is 5.56 Å². The second kappa shape index (κ2) is 3.63. The summed E-state index contributed by atoms with van der Waals surface area (Å²) in [7, 11) is 0. The lowest BCUT2D eigenvalue weighted by Crippen LogP contribution is -2.15. The zero-order chi connectivity index (χ0) is 11.8. The number of nitrogens with one attached hydrogen (secondary N) is 1. The Bertz CT molecular complexity index is 531. The molecule has 0 atom stereocenters. The van der Waals surface area contributed by atoms with Gasteiger partial charge in [0.05, 0.1) is 0 Å². The second-order valence-electron chi connectivity index (χ2n) is 4.78. The van der Waals surface area contributed by atoms with Crippen molar-refractivity contribution in [3.05, 3.63) is 46.5 Å². The molecule has 2 heterocycles. The molecule has 0 aliphatic carbocycles. The van der Waals surface area contributed by atoms with Crippen LogP contribution in [0.25, 0.3) is 5.82 Å². The molecule has 0 saturated heterocycles. The molecule has 4 heteroatoms. The van der Waals surface area contributed by atoms with E-state index in [2.05, 4.69) is 30.9 Å². The Balaban J connectivity index is 2.53. The molecule has 0 aromatic carbocycles. The largest absolute Gasteiger partial charge is 0.293 e. The van der Waals surface area contributed by atoms with E-state index in [9.17, 15) is 4.79 Å². The highest BCUT2D eigenvalue weighted by molar-refractivity contribution is 5.22. The summed E-state index contributed by atoms with van der Waals surface area (Å²) in [5.74, 6) is 0.614. The molecule has 16 heavy (non-hydrogen) atoms. The van der Waals surface area contributed by atoms with E-state index in [0.717, 1.165) is 5.69 Å². The summed E-state index contributed by atoms with van der Waals surface area (Å²) in [5, 5.41) is 3.08. The summed E-state index contributed by atoms with van der Waals surface area (Å²) in [6.45, 7) is 6.17. The normalized spacial score (nSPS) is 11.7. The molecule has 2 aromatic heterocycles. The van der Waals surface area contributed by atoms with Crippen LogP contribution in [-0.4, -0.2) is 14.8 Å². The van der Waals surface area contributed by atoms with Crippen LogP contribution < -0.4 is 5.56 Å². The fraction of sp³-hybridized carbons (Fsp3) is 0.333. The van der Waals surface area contributed by atoms with Crippen LogP contribution in [0, 0.1) is 0 Å². The van der Waals surface area contributed by atoms with Gasteiger partial charge in [0, 0.05) is 23.4 Å². The highest BCUT2D eigenvalue weighted by atomic mass is 16.1. The standard InChI is InChI=1S/C12H15N3O/c1-12(2,3)9-8-11(16)15(14-9)10-6-4-5-7-13-10/h4-8,14H,1-3H3. The first-order chi connectivity index (χ1) is 7.48. The molecule has 0 bridgehead atoms. The third-order valence-electron chi connectivity index (χ3n) is 2.41. The van der Waals surface area contributed by atoms with Gasteiger partial charge in [0.15, 0.2) is 5.82 Å². The maximum Gasteiger partial charge on any atom is 0.272 e. The van der Waals surface area contributed by atoms with E-state index in [1.54, 1.807) is 18.3 Å². The summed E-state index contributed by atoms with van der Waals surface area (Å²) in [4.78, 5) is 15.9. The van der Waals surface area contributed by atoms with Crippen LogP contribution in [0.4, 0.5) is 0 Å². The van der Waals surface area contributed by atoms with Gasteiger partial charge in [-0.3, -0.25) is 9.89 Å². The fourth-order valence-electron chi connectivity index (χ4n) is 1.44. The lowest BCUT2D eigenvalue weighted by Gasteiger charge is -2.15. The van der Waals surface area contributed by atoms with E-state index >= 15 is 0 Å². The Hall–Kier alpha value is -1.84. The molecule has 1 N–H and O–H groups in total. The Morgan fingerprint density at radius 3 is 2.56 bits per heavy atom. The zero-order valence-electron chi connectivity index (χ0n) is 9.69.